The Morgan fingerprint density at radius 2 is 1.74 bits per heavy atom. The molecule has 0 aliphatic carbocycles. The van der Waals surface area contributed by atoms with Crippen LogP contribution < -0.4 is 9.18 Å². The van der Waals surface area contributed by atoms with E-state index in [1.165, 1.54) is 12.1 Å². The zero-order valence-electron chi connectivity index (χ0n) is 9.29. The monoisotopic (exact) mass is 326 g/mol. The molecule has 0 aliphatic rings. The zero-order valence-corrected chi connectivity index (χ0v) is 11.0. The van der Waals surface area contributed by atoms with Crippen molar-refractivity contribution in [3.63, 3.8) is 0 Å². The van der Waals surface area contributed by atoms with Gasteiger partial charge in [0.05, 0.1) is 0 Å². The molecule has 19 heavy (non-hydrogen) atoms. The van der Waals surface area contributed by atoms with E-state index in [0.717, 1.165) is 6.07 Å². The summed E-state index contributed by atoms with van der Waals surface area (Å²) in [6, 6.07) is 5.23. The van der Waals surface area contributed by atoms with Gasteiger partial charge in [-0.2, -0.15) is 0 Å². The summed E-state index contributed by atoms with van der Waals surface area (Å²) in [7, 11) is 0. The van der Waals surface area contributed by atoms with E-state index in [1.807, 2.05) is 0 Å². The fourth-order valence-electron chi connectivity index (χ4n) is 1.28. The number of benzene rings is 1. The first-order valence-corrected chi connectivity index (χ1v) is 6.67. The zero-order chi connectivity index (χ0) is 13.8. The Labute approximate surface area is 113 Å². The minimum atomic E-state index is -0.664. The van der Waals surface area contributed by atoms with Gasteiger partial charge in [0.25, 0.3) is 0 Å². The Morgan fingerprint density at radius 3 is 2.32 bits per heavy atom. The van der Waals surface area contributed by atoms with Crippen molar-refractivity contribution < 1.29 is 9.85 Å². The van der Waals surface area contributed by atoms with Crippen LogP contribution in [-0.4, -0.2) is 34.8 Å². The molecule has 96 valence electrons. The van der Waals surface area contributed by atoms with Crippen LogP contribution in [0.5, 0.6) is 0 Å². The van der Waals surface area contributed by atoms with Crippen LogP contribution in [0.15, 0.2) is 36.7 Å². The van der Waals surface area contributed by atoms with E-state index in [9.17, 15) is 20.2 Å². The molecule has 2 rings (SSSR count). The molecule has 0 unspecified atom stereocenters. The normalized spacial score (nSPS) is 10.1. The third-order valence-electron chi connectivity index (χ3n) is 2.09. The number of hydrogen-bond donors (Lipinski definition) is 0. The first-order valence-electron chi connectivity index (χ1n) is 4.95. The maximum absolute atomic E-state index is 10.9. The molecular weight excluding hydrogens is 319 g/mol. The number of nitro groups is 2. The third kappa shape index (κ3) is 3.09. The van der Waals surface area contributed by atoms with Gasteiger partial charge in [-0.05, 0) is 0 Å². The summed E-state index contributed by atoms with van der Waals surface area (Å²) in [6.45, 7) is 0. The van der Waals surface area contributed by atoms with E-state index >= 15 is 0 Å². The van der Waals surface area contributed by atoms with E-state index in [1.54, 1.807) is 18.5 Å². The fraction of sp³-hybridized carbons (Fsp3) is 0. The molecule has 2 aromatic rings. The molecule has 0 bridgehead atoms. The molecule has 1 aromatic carbocycles. The van der Waals surface area contributed by atoms with Gasteiger partial charge in [0.1, 0.15) is 0 Å². The van der Waals surface area contributed by atoms with E-state index in [4.69, 9.17) is 0 Å². The Kier molecular flexibility index (Phi) is 3.79. The van der Waals surface area contributed by atoms with Crippen LogP contribution in [0.25, 0.3) is 0 Å². The van der Waals surface area contributed by atoms with Crippen molar-refractivity contribution >= 4 is 35.5 Å². The summed E-state index contributed by atoms with van der Waals surface area (Å²) in [5, 5.41) is 21.5. The van der Waals surface area contributed by atoms with Crippen molar-refractivity contribution in [3.05, 3.63) is 56.9 Å². The van der Waals surface area contributed by atoms with Crippen LogP contribution in [0.3, 0.4) is 0 Å². The molecule has 0 N–H and O–H groups in total. The van der Waals surface area contributed by atoms with Gasteiger partial charge in [0.15, 0.2) is 0 Å². The van der Waals surface area contributed by atoms with Crippen molar-refractivity contribution in [2.75, 3.05) is 0 Å². The average molecular weight is 325 g/mol. The SMILES string of the molecule is O=[N+]([O-])c1ccc([Se]c2ncccn2)c([N+](=O)[O-])c1. The summed E-state index contributed by atoms with van der Waals surface area (Å²) in [5.41, 5.74) is -0.582. The second-order valence-corrected chi connectivity index (χ2v) is 5.42. The van der Waals surface area contributed by atoms with Gasteiger partial charge >= 0.3 is 112 Å². The molecule has 0 fully saturated rings. The molecule has 0 saturated carbocycles. The molecule has 0 spiro atoms. The van der Waals surface area contributed by atoms with Gasteiger partial charge in [-0.15, -0.1) is 0 Å². The van der Waals surface area contributed by atoms with Gasteiger partial charge in [0.2, 0.25) is 0 Å². The van der Waals surface area contributed by atoms with E-state index in [0.29, 0.717) is 9.18 Å². The second kappa shape index (κ2) is 5.51. The van der Waals surface area contributed by atoms with Crippen LogP contribution in [0.2, 0.25) is 0 Å². The predicted molar refractivity (Wildman–Crippen MR) is 66.8 cm³/mol. The number of nitrogens with zero attached hydrogens (tertiary/aromatic N) is 4. The van der Waals surface area contributed by atoms with Crippen molar-refractivity contribution in [2.24, 2.45) is 0 Å². The average Bonchev–Trinajstić information content (AvgIpc) is 2.39. The topological polar surface area (TPSA) is 112 Å². The van der Waals surface area contributed by atoms with E-state index in [-0.39, 0.29) is 11.4 Å². The first kappa shape index (κ1) is 13.1. The third-order valence-corrected chi connectivity index (χ3v) is 4.10. The Hall–Kier alpha value is -2.38. The molecular formula is C10H6N4O4Se. The van der Waals surface area contributed by atoms with Crippen LogP contribution in [0.1, 0.15) is 0 Å². The van der Waals surface area contributed by atoms with Crippen LogP contribution >= 0.6 is 0 Å². The molecule has 1 aromatic heterocycles. The summed E-state index contributed by atoms with van der Waals surface area (Å²) in [5.74, 6) is 0. The predicted octanol–water partition coefficient (Wildman–Crippen LogP) is -0.0520. The number of hydrogen-bond acceptors (Lipinski definition) is 6. The summed E-state index contributed by atoms with van der Waals surface area (Å²) < 4.78 is 0.876. The molecule has 0 amide bonds. The van der Waals surface area contributed by atoms with Gasteiger partial charge < -0.3 is 0 Å². The standard InChI is InChI=1S/C10H6N4O4Se/c15-13(16)7-2-3-9(8(6-7)14(17)18)19-10-11-4-1-5-12-10/h1-6H. The molecule has 9 heteroatoms. The first-order chi connectivity index (χ1) is 9.08. The van der Waals surface area contributed by atoms with Gasteiger partial charge in [0, 0.05) is 0 Å². The molecule has 0 aliphatic heterocycles. The Bertz CT molecular complexity index is 635. The number of nitro benzene ring substituents is 2. The van der Waals surface area contributed by atoms with E-state index < -0.39 is 24.8 Å². The minimum absolute atomic E-state index is 0.276. The molecule has 0 saturated heterocycles. The summed E-state index contributed by atoms with van der Waals surface area (Å²) >= 11 is -0.473. The molecule has 8 nitrogen and oxygen atoms in total. The van der Waals surface area contributed by atoms with Crippen molar-refractivity contribution in [1.29, 1.82) is 0 Å². The van der Waals surface area contributed by atoms with E-state index in [2.05, 4.69) is 9.97 Å². The summed E-state index contributed by atoms with van der Waals surface area (Å²) in [4.78, 5) is 28.2. The quantitative estimate of drug-likeness (QED) is 0.442. The Balaban J connectivity index is 2.40. The maximum atomic E-state index is 10.9. The van der Waals surface area contributed by atoms with Gasteiger partial charge in [-0.25, -0.2) is 0 Å². The molecule has 0 atom stereocenters. The van der Waals surface area contributed by atoms with Gasteiger partial charge in [-0.3, -0.25) is 0 Å². The number of rotatable bonds is 4. The van der Waals surface area contributed by atoms with Crippen molar-refractivity contribution in [3.8, 4) is 0 Å². The molecule has 1 heterocycles. The van der Waals surface area contributed by atoms with Crippen LogP contribution in [-0.2, 0) is 0 Å². The van der Waals surface area contributed by atoms with Crippen molar-refractivity contribution in [2.45, 2.75) is 0 Å². The second-order valence-electron chi connectivity index (χ2n) is 3.30. The van der Waals surface area contributed by atoms with Crippen LogP contribution in [0, 0.1) is 20.2 Å². The van der Waals surface area contributed by atoms with Crippen LogP contribution in [0.4, 0.5) is 11.4 Å². The summed E-state index contributed by atoms with van der Waals surface area (Å²) in [6.07, 6.45) is 3.09. The fourth-order valence-corrected chi connectivity index (χ4v) is 2.96. The number of non-ortho nitro benzene ring substituents is 1. The molecule has 0 radical (unpaired) electrons. The van der Waals surface area contributed by atoms with Crippen molar-refractivity contribution in [1.82, 2.24) is 9.97 Å². The number of aromatic nitrogens is 2. The Morgan fingerprint density at radius 1 is 1.05 bits per heavy atom. The van der Waals surface area contributed by atoms with Gasteiger partial charge in [-0.1, -0.05) is 0 Å².